The number of phenolic OH excluding ortho intramolecular Hbond substituents is 1. The normalized spacial score (nSPS) is 10.5. The van der Waals surface area contributed by atoms with Gasteiger partial charge in [0.15, 0.2) is 0 Å². The van der Waals surface area contributed by atoms with E-state index < -0.39 is 10.8 Å². The topological polar surface area (TPSA) is 102 Å². The molecule has 0 saturated heterocycles. The number of benzene rings is 3. The molecule has 1 amide bonds. The molecule has 3 aromatic rings. The third kappa shape index (κ3) is 3.56. The minimum atomic E-state index is -0.551. The summed E-state index contributed by atoms with van der Waals surface area (Å²) in [5.74, 6) is -0.0917. The summed E-state index contributed by atoms with van der Waals surface area (Å²) >= 11 is 0. The number of rotatable bonds is 5. The van der Waals surface area contributed by atoms with Crippen molar-refractivity contribution in [3.63, 3.8) is 0 Å². The van der Waals surface area contributed by atoms with E-state index >= 15 is 0 Å². The molecule has 0 saturated carbocycles. The number of ether oxygens (including phenoxy) is 1. The number of carbonyl (C=O) groups excluding carboxylic acids is 1. The number of nitrogens with zero attached hydrogens (tertiary/aromatic N) is 1. The largest absolute Gasteiger partial charge is 0.508 e. The van der Waals surface area contributed by atoms with Gasteiger partial charge in [0, 0.05) is 17.7 Å². The van der Waals surface area contributed by atoms with Gasteiger partial charge in [-0.05, 0) is 29.0 Å². The smallest absolute Gasteiger partial charge is 0.271 e. The van der Waals surface area contributed by atoms with Gasteiger partial charge in [0.2, 0.25) is 5.91 Å². The van der Waals surface area contributed by atoms with Gasteiger partial charge in [-0.15, -0.1) is 0 Å². The molecule has 7 nitrogen and oxygen atoms in total. The van der Waals surface area contributed by atoms with Crippen molar-refractivity contribution in [2.24, 2.45) is 0 Å². The number of fused-ring (bicyclic) bond motifs is 1. The highest BCUT2D eigenvalue weighted by Crippen LogP contribution is 2.30. The van der Waals surface area contributed by atoms with Crippen LogP contribution >= 0.6 is 0 Å². The van der Waals surface area contributed by atoms with E-state index in [4.69, 9.17) is 4.74 Å². The minimum Gasteiger partial charge on any atom is -0.508 e. The molecule has 0 fully saturated rings. The van der Waals surface area contributed by atoms with Crippen molar-refractivity contribution < 1.29 is 19.6 Å². The zero-order valence-electron chi connectivity index (χ0n) is 13.9. The van der Waals surface area contributed by atoms with Crippen LogP contribution in [0.5, 0.6) is 11.5 Å². The number of non-ortho nitro benzene ring substituents is 1. The van der Waals surface area contributed by atoms with Crippen molar-refractivity contribution in [2.45, 2.75) is 6.42 Å². The lowest BCUT2D eigenvalue weighted by Gasteiger charge is -2.11. The van der Waals surface area contributed by atoms with E-state index in [0.717, 1.165) is 10.8 Å². The molecule has 7 heteroatoms. The fourth-order valence-corrected chi connectivity index (χ4v) is 2.69. The Kier molecular flexibility index (Phi) is 4.70. The second-order valence-corrected chi connectivity index (χ2v) is 5.69. The van der Waals surface area contributed by atoms with Crippen LogP contribution in [0.2, 0.25) is 0 Å². The summed E-state index contributed by atoms with van der Waals surface area (Å²) in [6.45, 7) is 0. The Hall–Kier alpha value is -3.61. The molecule has 0 aromatic heterocycles. The summed E-state index contributed by atoms with van der Waals surface area (Å²) in [5, 5.41) is 25.4. The fraction of sp³-hybridized carbons (Fsp3) is 0.105. The summed E-state index contributed by atoms with van der Waals surface area (Å²) in [5.41, 5.74) is 0.507. The number of hydrogen-bond acceptors (Lipinski definition) is 5. The fourth-order valence-electron chi connectivity index (χ4n) is 2.69. The van der Waals surface area contributed by atoms with Crippen molar-refractivity contribution in [3.05, 3.63) is 70.3 Å². The molecule has 0 atom stereocenters. The number of carbonyl (C=O) groups is 1. The predicted octanol–water partition coefficient (Wildman–Crippen LogP) is 3.64. The van der Waals surface area contributed by atoms with Crippen LogP contribution < -0.4 is 10.1 Å². The summed E-state index contributed by atoms with van der Waals surface area (Å²) in [6.07, 6.45) is -0.0808. The maximum Gasteiger partial charge on any atom is 0.271 e. The number of nitro benzene ring substituents is 1. The molecular weight excluding hydrogens is 336 g/mol. The number of methoxy groups -OCH3 is 1. The summed E-state index contributed by atoms with van der Waals surface area (Å²) in [7, 11) is 1.41. The highest BCUT2D eigenvalue weighted by Gasteiger charge is 2.15. The number of nitro groups is 1. The highest BCUT2D eigenvalue weighted by atomic mass is 16.6. The lowest BCUT2D eigenvalue weighted by atomic mass is 10.0. The molecule has 3 aromatic carbocycles. The van der Waals surface area contributed by atoms with Gasteiger partial charge >= 0.3 is 0 Å². The Balaban J connectivity index is 1.84. The molecule has 0 spiro atoms. The van der Waals surface area contributed by atoms with E-state index in [0.29, 0.717) is 11.3 Å². The van der Waals surface area contributed by atoms with Crippen LogP contribution in [-0.4, -0.2) is 23.0 Å². The average Bonchev–Trinajstić information content (AvgIpc) is 2.62. The molecule has 2 N–H and O–H groups in total. The van der Waals surface area contributed by atoms with E-state index in [1.165, 1.54) is 25.3 Å². The first-order valence-electron chi connectivity index (χ1n) is 7.81. The minimum absolute atomic E-state index is 0.0184. The highest BCUT2D eigenvalue weighted by molar-refractivity contribution is 5.95. The number of aromatic hydroxyl groups is 1. The van der Waals surface area contributed by atoms with E-state index in [2.05, 4.69) is 5.32 Å². The SMILES string of the molecule is COc1ccc([N+](=O)[O-])cc1NC(=O)Cc1cc2ccccc2cc1O. The molecule has 0 heterocycles. The second kappa shape index (κ2) is 7.10. The molecule has 26 heavy (non-hydrogen) atoms. The molecule has 3 rings (SSSR count). The Bertz CT molecular complexity index is 1000. The van der Waals surface area contributed by atoms with Gasteiger partial charge in [0.05, 0.1) is 24.1 Å². The van der Waals surface area contributed by atoms with E-state index in [1.54, 1.807) is 12.1 Å². The van der Waals surface area contributed by atoms with Crippen LogP contribution in [0.15, 0.2) is 54.6 Å². The molecule has 0 aliphatic rings. The van der Waals surface area contributed by atoms with Crippen LogP contribution in [0, 0.1) is 10.1 Å². The van der Waals surface area contributed by atoms with Crippen molar-refractivity contribution >= 4 is 28.1 Å². The van der Waals surface area contributed by atoms with Crippen molar-refractivity contribution in [1.82, 2.24) is 0 Å². The van der Waals surface area contributed by atoms with E-state index in [9.17, 15) is 20.0 Å². The number of anilines is 1. The van der Waals surface area contributed by atoms with Crippen LogP contribution in [0.3, 0.4) is 0 Å². The lowest BCUT2D eigenvalue weighted by molar-refractivity contribution is -0.384. The first kappa shape index (κ1) is 17.2. The number of hydrogen-bond donors (Lipinski definition) is 2. The van der Waals surface area contributed by atoms with Crippen molar-refractivity contribution in [1.29, 1.82) is 0 Å². The maximum absolute atomic E-state index is 12.4. The van der Waals surface area contributed by atoms with Crippen LogP contribution in [0.4, 0.5) is 11.4 Å². The molecule has 0 unspecified atom stereocenters. The van der Waals surface area contributed by atoms with Gasteiger partial charge in [0.25, 0.3) is 5.69 Å². The summed E-state index contributed by atoms with van der Waals surface area (Å²) < 4.78 is 5.13. The molecule has 0 aliphatic heterocycles. The Morgan fingerprint density at radius 3 is 2.50 bits per heavy atom. The molecule has 0 radical (unpaired) electrons. The monoisotopic (exact) mass is 352 g/mol. The molecule has 0 bridgehead atoms. The van der Waals surface area contributed by atoms with E-state index in [1.807, 2.05) is 24.3 Å². The van der Waals surface area contributed by atoms with Crippen LogP contribution in [0.25, 0.3) is 10.8 Å². The number of nitrogens with one attached hydrogen (secondary N) is 1. The quantitative estimate of drug-likeness (QED) is 0.539. The number of phenols is 1. The Morgan fingerprint density at radius 1 is 1.15 bits per heavy atom. The zero-order chi connectivity index (χ0) is 18.7. The van der Waals surface area contributed by atoms with Gasteiger partial charge in [-0.1, -0.05) is 24.3 Å². The third-order valence-corrected chi connectivity index (χ3v) is 3.97. The van der Waals surface area contributed by atoms with Crippen molar-refractivity contribution in [3.8, 4) is 11.5 Å². The van der Waals surface area contributed by atoms with Crippen LogP contribution in [-0.2, 0) is 11.2 Å². The second-order valence-electron chi connectivity index (χ2n) is 5.69. The average molecular weight is 352 g/mol. The van der Waals surface area contributed by atoms with E-state index in [-0.39, 0.29) is 23.5 Å². The summed E-state index contributed by atoms with van der Waals surface area (Å²) in [6, 6.07) is 14.8. The zero-order valence-corrected chi connectivity index (χ0v) is 13.9. The van der Waals surface area contributed by atoms with Crippen LogP contribution in [0.1, 0.15) is 5.56 Å². The van der Waals surface area contributed by atoms with Gasteiger partial charge in [-0.3, -0.25) is 14.9 Å². The summed E-state index contributed by atoms with van der Waals surface area (Å²) in [4.78, 5) is 22.7. The Labute approximate surface area is 149 Å². The molecule has 0 aliphatic carbocycles. The lowest BCUT2D eigenvalue weighted by Crippen LogP contribution is -2.15. The van der Waals surface area contributed by atoms with Gasteiger partial charge < -0.3 is 15.2 Å². The van der Waals surface area contributed by atoms with Gasteiger partial charge in [-0.2, -0.15) is 0 Å². The molecular formula is C19H16N2O5. The van der Waals surface area contributed by atoms with Gasteiger partial charge in [-0.25, -0.2) is 0 Å². The predicted molar refractivity (Wildman–Crippen MR) is 97.6 cm³/mol. The first-order valence-corrected chi connectivity index (χ1v) is 7.81. The number of amides is 1. The Morgan fingerprint density at radius 2 is 1.85 bits per heavy atom. The van der Waals surface area contributed by atoms with Gasteiger partial charge in [0.1, 0.15) is 11.5 Å². The standard InChI is InChI=1S/C19H16N2O5/c1-26-18-7-6-15(21(24)25)11-16(18)20-19(23)10-14-8-12-4-2-3-5-13(12)9-17(14)22/h2-9,11,22H,10H2,1H3,(H,20,23). The maximum atomic E-state index is 12.4. The molecule has 132 valence electrons. The third-order valence-electron chi connectivity index (χ3n) is 3.97. The van der Waals surface area contributed by atoms with Crippen molar-refractivity contribution in [2.75, 3.05) is 12.4 Å². The first-order chi connectivity index (χ1) is 12.5.